The lowest BCUT2D eigenvalue weighted by Gasteiger charge is -2.22. The Morgan fingerprint density at radius 2 is 1.36 bits per heavy atom. The molecule has 1 aliphatic heterocycles. The van der Waals surface area contributed by atoms with Crippen LogP contribution in [0.15, 0.2) is 0 Å². The van der Waals surface area contributed by atoms with Gasteiger partial charge in [0.2, 0.25) is 0 Å². The smallest absolute Gasteiger partial charge is 0.00463 e. The Labute approximate surface area is 69.6 Å². The van der Waals surface area contributed by atoms with Crippen molar-refractivity contribution in [3.8, 4) is 0 Å². The summed E-state index contributed by atoms with van der Waals surface area (Å²) in [4.78, 5) is 0. The van der Waals surface area contributed by atoms with Crippen LogP contribution in [0.25, 0.3) is 0 Å². The van der Waals surface area contributed by atoms with E-state index in [1.165, 1.54) is 51.6 Å². The molecule has 1 nitrogen and oxygen atoms in total. The minimum absolute atomic E-state index is 1.07. The third kappa shape index (κ3) is 2.48. The number of hydrogen-bond donors (Lipinski definition) is 1. The van der Waals surface area contributed by atoms with Crippen LogP contribution in [-0.4, -0.2) is 13.1 Å². The molecule has 0 unspecified atom stereocenters. The Balaban J connectivity index is 1.59. The first-order valence-electron chi connectivity index (χ1n) is 5.16. The lowest BCUT2D eigenvalue weighted by atomic mass is 9.92. The zero-order valence-electron chi connectivity index (χ0n) is 7.31. The molecule has 1 N–H and O–H groups in total. The summed E-state index contributed by atoms with van der Waals surface area (Å²) in [5, 5.41) is 3.42. The van der Waals surface area contributed by atoms with Gasteiger partial charge in [-0.15, -0.1) is 0 Å². The second-order valence-corrected chi connectivity index (χ2v) is 4.21. The van der Waals surface area contributed by atoms with E-state index in [9.17, 15) is 0 Å². The van der Waals surface area contributed by atoms with E-state index in [0.29, 0.717) is 0 Å². The second-order valence-electron chi connectivity index (χ2n) is 4.21. The first-order chi connectivity index (χ1) is 5.45. The molecule has 1 saturated carbocycles. The van der Waals surface area contributed by atoms with Crippen LogP contribution in [0.3, 0.4) is 0 Å². The predicted octanol–water partition coefficient (Wildman–Crippen LogP) is 2.18. The van der Waals surface area contributed by atoms with E-state index in [4.69, 9.17) is 0 Å². The van der Waals surface area contributed by atoms with Gasteiger partial charge >= 0.3 is 0 Å². The van der Waals surface area contributed by atoms with Gasteiger partial charge in [-0.3, -0.25) is 0 Å². The highest BCUT2D eigenvalue weighted by atomic mass is 14.9. The molecule has 0 bridgehead atoms. The molecule has 2 aliphatic rings. The average molecular weight is 153 g/mol. The molecule has 2 fully saturated rings. The van der Waals surface area contributed by atoms with E-state index in [0.717, 1.165) is 11.8 Å². The van der Waals surface area contributed by atoms with E-state index in [-0.39, 0.29) is 0 Å². The fourth-order valence-corrected chi connectivity index (χ4v) is 2.05. The SMILES string of the molecule is C1CC(CCC2CC2)CCN1. The molecule has 0 aromatic heterocycles. The van der Waals surface area contributed by atoms with Crippen LogP contribution < -0.4 is 5.32 Å². The molecule has 0 radical (unpaired) electrons. The molecule has 0 spiro atoms. The van der Waals surface area contributed by atoms with Crippen molar-refractivity contribution in [3.05, 3.63) is 0 Å². The molecule has 0 aromatic carbocycles. The fraction of sp³-hybridized carbons (Fsp3) is 1.00. The summed E-state index contributed by atoms with van der Waals surface area (Å²) in [5.74, 6) is 2.21. The molecule has 0 aromatic rings. The Morgan fingerprint density at radius 1 is 0.818 bits per heavy atom. The summed E-state index contributed by atoms with van der Waals surface area (Å²) in [6, 6.07) is 0. The topological polar surface area (TPSA) is 12.0 Å². The molecule has 11 heavy (non-hydrogen) atoms. The van der Waals surface area contributed by atoms with Crippen molar-refractivity contribution in [1.82, 2.24) is 5.32 Å². The normalized spacial score (nSPS) is 27.3. The van der Waals surface area contributed by atoms with Gasteiger partial charge in [0, 0.05) is 0 Å². The second kappa shape index (κ2) is 3.57. The molecular weight excluding hydrogens is 134 g/mol. The van der Waals surface area contributed by atoms with Crippen molar-refractivity contribution in [2.75, 3.05) is 13.1 Å². The molecule has 0 atom stereocenters. The largest absolute Gasteiger partial charge is 0.317 e. The van der Waals surface area contributed by atoms with Gasteiger partial charge in [-0.05, 0) is 37.8 Å². The maximum absolute atomic E-state index is 3.42. The summed E-state index contributed by atoms with van der Waals surface area (Å²) in [7, 11) is 0. The minimum atomic E-state index is 1.07. The molecule has 2 rings (SSSR count). The monoisotopic (exact) mass is 153 g/mol. The Kier molecular flexibility index (Phi) is 2.47. The van der Waals surface area contributed by atoms with Gasteiger partial charge in [-0.1, -0.05) is 25.7 Å². The first-order valence-corrected chi connectivity index (χ1v) is 5.16. The fourth-order valence-electron chi connectivity index (χ4n) is 2.05. The average Bonchev–Trinajstić information content (AvgIpc) is 2.86. The van der Waals surface area contributed by atoms with Gasteiger partial charge in [0.1, 0.15) is 0 Å². The molecule has 64 valence electrons. The van der Waals surface area contributed by atoms with Crippen molar-refractivity contribution in [1.29, 1.82) is 0 Å². The molecule has 1 saturated heterocycles. The number of nitrogens with one attached hydrogen (secondary N) is 1. The van der Waals surface area contributed by atoms with Gasteiger partial charge in [-0.25, -0.2) is 0 Å². The maximum atomic E-state index is 3.42. The highest BCUT2D eigenvalue weighted by molar-refractivity contribution is 4.76. The summed E-state index contributed by atoms with van der Waals surface area (Å²) >= 11 is 0. The van der Waals surface area contributed by atoms with Gasteiger partial charge in [0.25, 0.3) is 0 Å². The predicted molar refractivity (Wildman–Crippen MR) is 47.6 cm³/mol. The first kappa shape index (κ1) is 7.60. The Morgan fingerprint density at radius 3 is 1.91 bits per heavy atom. The zero-order chi connectivity index (χ0) is 7.52. The molecule has 1 heterocycles. The van der Waals surface area contributed by atoms with E-state index in [2.05, 4.69) is 5.32 Å². The highest BCUT2D eigenvalue weighted by Gasteiger charge is 2.22. The van der Waals surface area contributed by atoms with E-state index in [1.807, 2.05) is 0 Å². The Bertz CT molecular complexity index is 112. The van der Waals surface area contributed by atoms with Crippen LogP contribution in [0, 0.1) is 11.8 Å². The Hall–Kier alpha value is -0.0400. The summed E-state index contributed by atoms with van der Waals surface area (Å²) in [5.41, 5.74) is 0. The van der Waals surface area contributed by atoms with E-state index < -0.39 is 0 Å². The quantitative estimate of drug-likeness (QED) is 0.655. The summed E-state index contributed by atoms with van der Waals surface area (Å²) in [6.45, 7) is 2.55. The highest BCUT2D eigenvalue weighted by Crippen LogP contribution is 2.35. The van der Waals surface area contributed by atoms with Crippen LogP contribution in [0.2, 0.25) is 0 Å². The molecular formula is C10H19N. The van der Waals surface area contributed by atoms with Crippen LogP contribution in [0.1, 0.15) is 38.5 Å². The van der Waals surface area contributed by atoms with Crippen molar-refractivity contribution in [2.45, 2.75) is 38.5 Å². The van der Waals surface area contributed by atoms with Crippen LogP contribution in [0.5, 0.6) is 0 Å². The molecule has 1 heteroatoms. The summed E-state index contributed by atoms with van der Waals surface area (Å²) in [6.07, 6.45) is 8.99. The van der Waals surface area contributed by atoms with Crippen molar-refractivity contribution >= 4 is 0 Å². The van der Waals surface area contributed by atoms with Gasteiger partial charge in [0.05, 0.1) is 0 Å². The lowest BCUT2D eigenvalue weighted by Crippen LogP contribution is -2.27. The van der Waals surface area contributed by atoms with Gasteiger partial charge in [0.15, 0.2) is 0 Å². The van der Waals surface area contributed by atoms with Crippen molar-refractivity contribution < 1.29 is 0 Å². The van der Waals surface area contributed by atoms with Crippen LogP contribution in [-0.2, 0) is 0 Å². The van der Waals surface area contributed by atoms with Gasteiger partial charge < -0.3 is 5.32 Å². The van der Waals surface area contributed by atoms with E-state index >= 15 is 0 Å². The number of hydrogen-bond acceptors (Lipinski definition) is 1. The molecule has 0 amide bonds. The third-order valence-corrected chi connectivity index (χ3v) is 3.14. The molecule has 1 aliphatic carbocycles. The van der Waals surface area contributed by atoms with Crippen molar-refractivity contribution in [3.63, 3.8) is 0 Å². The van der Waals surface area contributed by atoms with Crippen molar-refractivity contribution in [2.24, 2.45) is 11.8 Å². The van der Waals surface area contributed by atoms with Crippen LogP contribution in [0.4, 0.5) is 0 Å². The minimum Gasteiger partial charge on any atom is -0.317 e. The number of piperidine rings is 1. The van der Waals surface area contributed by atoms with Crippen LogP contribution >= 0.6 is 0 Å². The zero-order valence-corrected chi connectivity index (χ0v) is 7.31. The summed E-state index contributed by atoms with van der Waals surface area (Å²) < 4.78 is 0. The third-order valence-electron chi connectivity index (χ3n) is 3.14. The number of rotatable bonds is 3. The standard InChI is InChI=1S/C10H19N/c1-2-9(1)3-4-10-5-7-11-8-6-10/h9-11H,1-8H2. The van der Waals surface area contributed by atoms with E-state index in [1.54, 1.807) is 0 Å². The maximum Gasteiger partial charge on any atom is -0.00463 e. The lowest BCUT2D eigenvalue weighted by molar-refractivity contribution is 0.341. The van der Waals surface area contributed by atoms with Gasteiger partial charge in [-0.2, -0.15) is 0 Å².